The lowest BCUT2D eigenvalue weighted by atomic mass is 10.1. The zero-order valence-electron chi connectivity index (χ0n) is 11.7. The van der Waals surface area contributed by atoms with Crippen LogP contribution in [0.1, 0.15) is 31.1 Å². The molecule has 0 heterocycles. The molecule has 0 radical (unpaired) electrons. The number of rotatable bonds is 7. The molecule has 3 N–H and O–H groups in total. The summed E-state index contributed by atoms with van der Waals surface area (Å²) < 4.78 is 10.7. The van der Waals surface area contributed by atoms with Crippen molar-refractivity contribution in [2.75, 3.05) is 25.6 Å². The Morgan fingerprint density at radius 2 is 2.11 bits per heavy atom. The monoisotopic (exact) mass is 266 g/mol. The minimum Gasteiger partial charge on any atom is -0.491 e. The van der Waals surface area contributed by atoms with E-state index in [-0.39, 0.29) is 11.9 Å². The van der Waals surface area contributed by atoms with Crippen molar-refractivity contribution in [3.63, 3.8) is 0 Å². The molecule has 5 heteroatoms. The predicted octanol–water partition coefficient (Wildman–Crippen LogP) is 1.82. The van der Waals surface area contributed by atoms with Crippen molar-refractivity contribution in [2.45, 2.75) is 26.8 Å². The second kappa shape index (κ2) is 7.63. The van der Waals surface area contributed by atoms with E-state index in [2.05, 4.69) is 5.32 Å². The molecule has 1 amide bonds. The van der Waals surface area contributed by atoms with Gasteiger partial charge in [0.1, 0.15) is 0 Å². The Kier molecular flexibility index (Phi) is 6.15. The highest BCUT2D eigenvalue weighted by Crippen LogP contribution is 2.26. The number of nitrogens with two attached hydrogens (primary N) is 1. The fourth-order valence-electron chi connectivity index (χ4n) is 1.68. The number of carbonyl (C=O) groups excluding carboxylic acids is 1. The van der Waals surface area contributed by atoms with Gasteiger partial charge < -0.3 is 20.5 Å². The molecule has 0 aliphatic rings. The van der Waals surface area contributed by atoms with Gasteiger partial charge in [-0.1, -0.05) is 6.07 Å². The number of nitrogen functional groups attached to an aromatic ring is 1. The first-order valence-electron chi connectivity index (χ1n) is 6.50. The number of nitrogens with one attached hydrogen (secondary N) is 1. The Labute approximate surface area is 114 Å². The van der Waals surface area contributed by atoms with E-state index in [4.69, 9.17) is 15.2 Å². The lowest BCUT2D eigenvalue weighted by molar-refractivity contribution is 0.0868. The van der Waals surface area contributed by atoms with Crippen LogP contribution >= 0.6 is 0 Å². The number of para-hydroxylation sites is 1. The highest BCUT2D eigenvalue weighted by Gasteiger charge is 2.16. The Hall–Kier alpha value is -1.75. The number of benzene rings is 1. The molecule has 1 atom stereocenters. The van der Waals surface area contributed by atoms with Crippen LogP contribution in [0, 0.1) is 0 Å². The molecule has 0 aromatic heterocycles. The maximum atomic E-state index is 12.2. The molecule has 0 saturated carbocycles. The number of hydrogen-bond acceptors (Lipinski definition) is 4. The van der Waals surface area contributed by atoms with Crippen molar-refractivity contribution < 1.29 is 14.3 Å². The standard InChI is InChI=1S/C14H22N2O3/c1-4-18-9-10(3)16-14(17)11-7-6-8-12(15)13(11)19-5-2/h6-8,10H,4-5,9,15H2,1-3H3,(H,16,17). The van der Waals surface area contributed by atoms with Gasteiger partial charge in [0.25, 0.3) is 5.91 Å². The molecule has 0 aliphatic heterocycles. The zero-order chi connectivity index (χ0) is 14.3. The van der Waals surface area contributed by atoms with Crippen molar-refractivity contribution in [1.82, 2.24) is 5.32 Å². The molecule has 0 bridgehead atoms. The molecule has 1 rings (SSSR count). The number of amides is 1. The van der Waals surface area contributed by atoms with Crippen LogP contribution in [0.25, 0.3) is 0 Å². The van der Waals surface area contributed by atoms with E-state index < -0.39 is 0 Å². The largest absolute Gasteiger partial charge is 0.491 e. The minimum atomic E-state index is -0.206. The van der Waals surface area contributed by atoms with E-state index in [9.17, 15) is 4.79 Å². The van der Waals surface area contributed by atoms with Crippen LogP contribution in [0.3, 0.4) is 0 Å². The Morgan fingerprint density at radius 3 is 2.74 bits per heavy atom. The maximum Gasteiger partial charge on any atom is 0.255 e. The maximum absolute atomic E-state index is 12.2. The Balaban J connectivity index is 2.78. The fraction of sp³-hybridized carbons (Fsp3) is 0.500. The van der Waals surface area contributed by atoms with Crippen molar-refractivity contribution >= 4 is 11.6 Å². The molecule has 106 valence electrons. The molecule has 1 aromatic carbocycles. The summed E-state index contributed by atoms with van der Waals surface area (Å²) in [4.78, 5) is 12.2. The summed E-state index contributed by atoms with van der Waals surface area (Å²) in [6, 6.07) is 5.08. The molecule has 0 fully saturated rings. The van der Waals surface area contributed by atoms with Crippen LogP contribution in [-0.4, -0.2) is 31.8 Å². The molecule has 1 aromatic rings. The first-order chi connectivity index (χ1) is 9.10. The van der Waals surface area contributed by atoms with Crippen LogP contribution in [0.5, 0.6) is 5.75 Å². The molecule has 1 unspecified atom stereocenters. The SMILES string of the molecule is CCOCC(C)NC(=O)c1cccc(N)c1OCC. The van der Waals surface area contributed by atoms with E-state index in [0.717, 1.165) is 0 Å². The van der Waals surface area contributed by atoms with Crippen molar-refractivity contribution in [1.29, 1.82) is 0 Å². The quantitative estimate of drug-likeness (QED) is 0.738. The first-order valence-corrected chi connectivity index (χ1v) is 6.50. The summed E-state index contributed by atoms with van der Waals surface area (Å²) in [5, 5.41) is 2.86. The molecular formula is C14H22N2O3. The molecule has 0 aliphatic carbocycles. The number of carbonyl (C=O) groups is 1. The lowest BCUT2D eigenvalue weighted by Gasteiger charge is -2.16. The normalized spacial score (nSPS) is 11.9. The lowest BCUT2D eigenvalue weighted by Crippen LogP contribution is -2.36. The summed E-state index contributed by atoms with van der Waals surface area (Å²) in [6.07, 6.45) is 0. The van der Waals surface area contributed by atoms with Crippen LogP contribution in [-0.2, 0) is 4.74 Å². The summed E-state index contributed by atoms with van der Waals surface area (Å²) in [7, 11) is 0. The van der Waals surface area contributed by atoms with Gasteiger partial charge in [-0.05, 0) is 32.9 Å². The number of anilines is 1. The summed E-state index contributed by atoms with van der Waals surface area (Å²) in [5.41, 5.74) is 6.74. The van der Waals surface area contributed by atoms with Gasteiger partial charge >= 0.3 is 0 Å². The smallest absolute Gasteiger partial charge is 0.255 e. The third-order valence-corrected chi connectivity index (χ3v) is 2.53. The van der Waals surface area contributed by atoms with Gasteiger partial charge in [-0.2, -0.15) is 0 Å². The number of hydrogen-bond donors (Lipinski definition) is 2. The van der Waals surface area contributed by atoms with Crippen LogP contribution in [0.2, 0.25) is 0 Å². The van der Waals surface area contributed by atoms with Gasteiger partial charge in [0.2, 0.25) is 0 Å². The third-order valence-electron chi connectivity index (χ3n) is 2.53. The molecular weight excluding hydrogens is 244 g/mol. The second-order valence-corrected chi connectivity index (χ2v) is 4.19. The van der Waals surface area contributed by atoms with Crippen LogP contribution in [0.15, 0.2) is 18.2 Å². The van der Waals surface area contributed by atoms with Gasteiger partial charge in [-0.15, -0.1) is 0 Å². The van der Waals surface area contributed by atoms with E-state index in [1.54, 1.807) is 18.2 Å². The minimum absolute atomic E-state index is 0.0663. The number of ether oxygens (including phenoxy) is 2. The zero-order valence-corrected chi connectivity index (χ0v) is 11.7. The molecule has 0 saturated heterocycles. The average molecular weight is 266 g/mol. The molecule has 5 nitrogen and oxygen atoms in total. The second-order valence-electron chi connectivity index (χ2n) is 4.19. The highest BCUT2D eigenvalue weighted by atomic mass is 16.5. The van der Waals surface area contributed by atoms with Crippen LogP contribution in [0.4, 0.5) is 5.69 Å². The molecule has 19 heavy (non-hydrogen) atoms. The predicted molar refractivity (Wildman–Crippen MR) is 75.4 cm³/mol. The fourth-order valence-corrected chi connectivity index (χ4v) is 1.68. The van der Waals surface area contributed by atoms with E-state index in [1.165, 1.54) is 0 Å². The van der Waals surface area contributed by atoms with Crippen LogP contribution < -0.4 is 15.8 Å². The summed E-state index contributed by atoms with van der Waals surface area (Å²) in [5.74, 6) is 0.231. The van der Waals surface area contributed by atoms with Gasteiger partial charge in [-0.25, -0.2) is 0 Å². The third kappa shape index (κ3) is 4.44. The van der Waals surface area contributed by atoms with E-state index in [1.807, 2.05) is 20.8 Å². The summed E-state index contributed by atoms with van der Waals surface area (Å²) in [6.45, 7) is 7.23. The Morgan fingerprint density at radius 1 is 1.37 bits per heavy atom. The van der Waals surface area contributed by atoms with Gasteiger partial charge in [0, 0.05) is 12.6 Å². The highest BCUT2D eigenvalue weighted by molar-refractivity contribution is 5.98. The first kappa shape index (κ1) is 15.3. The topological polar surface area (TPSA) is 73.6 Å². The van der Waals surface area contributed by atoms with E-state index >= 15 is 0 Å². The van der Waals surface area contributed by atoms with Crippen molar-refractivity contribution in [3.8, 4) is 5.75 Å². The van der Waals surface area contributed by atoms with Crippen molar-refractivity contribution in [3.05, 3.63) is 23.8 Å². The van der Waals surface area contributed by atoms with Gasteiger partial charge in [0.05, 0.1) is 24.5 Å². The van der Waals surface area contributed by atoms with Gasteiger partial charge in [0.15, 0.2) is 5.75 Å². The molecule has 0 spiro atoms. The van der Waals surface area contributed by atoms with Gasteiger partial charge in [-0.3, -0.25) is 4.79 Å². The Bertz CT molecular complexity index is 421. The van der Waals surface area contributed by atoms with E-state index in [0.29, 0.717) is 36.8 Å². The van der Waals surface area contributed by atoms with Crippen molar-refractivity contribution in [2.24, 2.45) is 0 Å². The average Bonchev–Trinajstić information content (AvgIpc) is 2.38. The summed E-state index contributed by atoms with van der Waals surface area (Å²) >= 11 is 0.